The van der Waals surface area contributed by atoms with Crippen LogP contribution in [-0.4, -0.2) is 5.75 Å². The zero-order chi connectivity index (χ0) is 36.3. The highest BCUT2D eigenvalue weighted by atomic mass is 32.2. The largest absolute Gasteiger partial charge is 0.121 e. The molecule has 1 heteroatoms. The van der Waals surface area contributed by atoms with Gasteiger partial charge in [0.05, 0.1) is 0 Å². The number of hydrogen-bond donors (Lipinski definition) is 0. The van der Waals surface area contributed by atoms with E-state index in [0.29, 0.717) is 0 Å². The van der Waals surface area contributed by atoms with Crippen molar-refractivity contribution in [1.82, 2.24) is 0 Å². The van der Waals surface area contributed by atoms with Crippen molar-refractivity contribution in [3.05, 3.63) is 183 Å². The second kappa shape index (κ2) is 13.3. The minimum Gasteiger partial charge on any atom is -0.121 e. The van der Waals surface area contributed by atoms with Crippen LogP contribution < -0.4 is 10.4 Å². The molecule has 0 N–H and O–H groups in total. The Balaban J connectivity index is 1.21. The molecule has 7 aromatic carbocycles. The first kappa shape index (κ1) is 33.0. The first-order chi connectivity index (χ1) is 26.6. The molecule has 0 radical (unpaired) electrons. The second-order valence-corrected chi connectivity index (χ2v) is 15.9. The molecule has 1 aliphatic heterocycles. The highest BCUT2D eigenvalue weighted by molar-refractivity contribution is 8.00. The van der Waals surface area contributed by atoms with E-state index in [1.807, 2.05) is 11.8 Å². The number of rotatable bonds is 4. The molecule has 0 atom stereocenters. The Bertz CT molecular complexity index is 2920. The number of fused-ring (bicyclic) bond motifs is 6. The Morgan fingerprint density at radius 3 is 2.11 bits per heavy atom. The molecule has 0 saturated heterocycles. The summed E-state index contributed by atoms with van der Waals surface area (Å²) in [5.74, 6) is 1.01. The molecule has 0 unspecified atom stereocenters. The van der Waals surface area contributed by atoms with Gasteiger partial charge in [-0.15, -0.1) is 11.8 Å². The van der Waals surface area contributed by atoms with Crippen LogP contribution in [0.5, 0.6) is 0 Å². The molecular formula is C53H42S. The SMILES string of the molecule is C/C=c1/c(C2=CC(c3cc4c(c(C)c3/C=C3\CSc5ccccc53)Cc3ccccc3-4)=CCC2)c2ccccc2c(-c2cccc3ccccc23)/c1=C/C. The van der Waals surface area contributed by atoms with Crippen molar-refractivity contribution in [2.24, 2.45) is 0 Å². The summed E-state index contributed by atoms with van der Waals surface area (Å²) in [4.78, 5) is 1.39. The summed E-state index contributed by atoms with van der Waals surface area (Å²) in [5, 5.41) is 7.85. The Hall–Kier alpha value is -5.63. The normalized spacial score (nSPS) is 16.2. The summed E-state index contributed by atoms with van der Waals surface area (Å²) in [5.41, 5.74) is 19.4. The van der Waals surface area contributed by atoms with Crippen molar-refractivity contribution < 1.29 is 0 Å². The predicted molar refractivity (Wildman–Crippen MR) is 236 cm³/mol. The van der Waals surface area contributed by atoms with E-state index >= 15 is 0 Å². The van der Waals surface area contributed by atoms with E-state index in [0.717, 1.165) is 25.0 Å². The molecule has 260 valence electrons. The standard InChI is InChI=1S/C53H42S/c1-4-39-40(5-2)53(44-26-15-18-34-16-6-8-21-41(34)44)46-25-11-10-24-45(46)52(39)37-20-14-19-35(28-37)49-31-50-42-22-9-7-17-36(42)29-48(50)33(3)47(49)30-38-32-54-51-27-13-12-23-43(38)51/h4-13,15-19,21-28,30-31H,14,20,29,32H2,1-3H3/b38-30+,39-4+,40-5+. The van der Waals surface area contributed by atoms with E-state index in [2.05, 4.69) is 172 Å². The van der Waals surface area contributed by atoms with Gasteiger partial charge in [-0.25, -0.2) is 0 Å². The van der Waals surface area contributed by atoms with Crippen LogP contribution in [-0.2, 0) is 6.42 Å². The maximum Gasteiger partial charge on any atom is 0.0238 e. The Morgan fingerprint density at radius 2 is 1.28 bits per heavy atom. The van der Waals surface area contributed by atoms with Crippen LogP contribution >= 0.6 is 11.8 Å². The van der Waals surface area contributed by atoms with Gasteiger partial charge in [0.15, 0.2) is 0 Å². The van der Waals surface area contributed by atoms with Gasteiger partial charge < -0.3 is 0 Å². The number of hydrogen-bond acceptors (Lipinski definition) is 1. The van der Waals surface area contributed by atoms with Gasteiger partial charge in [0.2, 0.25) is 0 Å². The van der Waals surface area contributed by atoms with E-state index in [9.17, 15) is 0 Å². The average molecular weight is 711 g/mol. The summed E-state index contributed by atoms with van der Waals surface area (Å²) in [7, 11) is 0. The van der Waals surface area contributed by atoms with Gasteiger partial charge in [0, 0.05) is 10.6 Å². The molecule has 10 rings (SSSR count). The molecule has 0 amide bonds. The molecule has 54 heavy (non-hydrogen) atoms. The molecule has 0 bridgehead atoms. The molecule has 1 heterocycles. The maximum absolute atomic E-state index is 2.54. The van der Waals surface area contributed by atoms with Gasteiger partial charge in [0.1, 0.15) is 0 Å². The third kappa shape index (κ3) is 5.21. The first-order valence-electron chi connectivity index (χ1n) is 19.4. The Morgan fingerprint density at radius 1 is 0.611 bits per heavy atom. The van der Waals surface area contributed by atoms with E-state index in [1.54, 1.807) is 0 Å². The van der Waals surface area contributed by atoms with Crippen molar-refractivity contribution in [3.63, 3.8) is 0 Å². The monoisotopic (exact) mass is 710 g/mol. The molecule has 0 nitrogen and oxygen atoms in total. The number of allylic oxidation sites excluding steroid dienone is 4. The number of benzene rings is 7. The summed E-state index contributed by atoms with van der Waals surface area (Å²) < 4.78 is 0. The zero-order valence-electron chi connectivity index (χ0n) is 31.2. The van der Waals surface area contributed by atoms with Crippen LogP contribution in [0.15, 0.2) is 138 Å². The fraction of sp³-hybridized carbons (Fsp3) is 0.132. The van der Waals surface area contributed by atoms with E-state index in [1.165, 1.54) is 115 Å². The Kier molecular flexibility index (Phi) is 8.15. The van der Waals surface area contributed by atoms with Crippen molar-refractivity contribution in [2.45, 2.75) is 44.9 Å². The maximum atomic E-state index is 2.54. The summed E-state index contributed by atoms with van der Waals surface area (Å²) in [6, 6.07) is 45.1. The second-order valence-electron chi connectivity index (χ2n) is 14.9. The predicted octanol–water partition coefficient (Wildman–Crippen LogP) is 13.0. The smallest absolute Gasteiger partial charge is 0.0238 e. The van der Waals surface area contributed by atoms with Gasteiger partial charge in [-0.2, -0.15) is 0 Å². The van der Waals surface area contributed by atoms with Crippen molar-refractivity contribution in [3.8, 4) is 22.3 Å². The van der Waals surface area contributed by atoms with E-state index in [4.69, 9.17) is 0 Å². The molecule has 3 aliphatic rings. The van der Waals surface area contributed by atoms with Gasteiger partial charge in [-0.05, 0) is 168 Å². The molecule has 0 fully saturated rings. The fourth-order valence-electron chi connectivity index (χ4n) is 9.53. The van der Waals surface area contributed by atoms with Gasteiger partial charge in [0.25, 0.3) is 0 Å². The van der Waals surface area contributed by atoms with Gasteiger partial charge >= 0.3 is 0 Å². The van der Waals surface area contributed by atoms with Crippen LogP contribution in [0, 0.1) is 6.92 Å². The molecule has 7 aromatic rings. The molecule has 2 aliphatic carbocycles. The summed E-state index contributed by atoms with van der Waals surface area (Å²) >= 11 is 1.96. The summed E-state index contributed by atoms with van der Waals surface area (Å²) in [6.45, 7) is 6.80. The third-order valence-electron chi connectivity index (χ3n) is 12.0. The lowest BCUT2D eigenvalue weighted by atomic mass is 9.81. The lowest BCUT2D eigenvalue weighted by molar-refractivity contribution is 1.06. The van der Waals surface area contributed by atoms with Gasteiger partial charge in [-0.3, -0.25) is 0 Å². The van der Waals surface area contributed by atoms with Crippen LogP contribution in [0.4, 0.5) is 0 Å². The van der Waals surface area contributed by atoms with Gasteiger partial charge in [-0.1, -0.05) is 133 Å². The minimum absolute atomic E-state index is 1.00. The van der Waals surface area contributed by atoms with Crippen LogP contribution in [0.25, 0.3) is 78.7 Å². The van der Waals surface area contributed by atoms with Crippen LogP contribution in [0.2, 0.25) is 0 Å². The topological polar surface area (TPSA) is 0 Å². The highest BCUT2D eigenvalue weighted by Gasteiger charge is 2.26. The molecule has 0 aromatic heterocycles. The van der Waals surface area contributed by atoms with Crippen molar-refractivity contribution in [1.29, 1.82) is 0 Å². The molecular weight excluding hydrogens is 669 g/mol. The van der Waals surface area contributed by atoms with E-state index < -0.39 is 0 Å². The van der Waals surface area contributed by atoms with E-state index in [-0.39, 0.29) is 0 Å². The lowest BCUT2D eigenvalue weighted by Gasteiger charge is -2.22. The minimum atomic E-state index is 1.00. The van der Waals surface area contributed by atoms with Crippen molar-refractivity contribution in [2.75, 3.05) is 5.75 Å². The molecule has 0 saturated carbocycles. The zero-order valence-corrected chi connectivity index (χ0v) is 32.0. The lowest BCUT2D eigenvalue weighted by Crippen LogP contribution is -2.31. The third-order valence-corrected chi connectivity index (χ3v) is 13.2. The fourth-order valence-corrected chi connectivity index (χ4v) is 10.6. The average Bonchev–Trinajstić information content (AvgIpc) is 3.82. The first-order valence-corrected chi connectivity index (χ1v) is 20.4. The van der Waals surface area contributed by atoms with Crippen LogP contribution in [0.1, 0.15) is 65.6 Å². The van der Waals surface area contributed by atoms with Crippen LogP contribution in [0.3, 0.4) is 0 Å². The molecule has 0 spiro atoms. The Labute approximate surface area is 322 Å². The highest BCUT2D eigenvalue weighted by Crippen LogP contribution is 2.46. The van der Waals surface area contributed by atoms with Crippen molar-refractivity contribution >= 4 is 68.3 Å². The summed E-state index contributed by atoms with van der Waals surface area (Å²) in [6.07, 6.45) is 15.3. The quantitative estimate of drug-likeness (QED) is 0.175. The number of thioether (sulfide) groups is 1.